The molecular weight excluding hydrogens is 268 g/mol. The van der Waals surface area contributed by atoms with Crippen molar-refractivity contribution in [1.82, 2.24) is 10.3 Å². The predicted octanol–water partition coefficient (Wildman–Crippen LogP) is 2.61. The summed E-state index contributed by atoms with van der Waals surface area (Å²) in [6.07, 6.45) is 1.55. The Morgan fingerprint density at radius 3 is 2.67 bits per heavy atom. The van der Waals surface area contributed by atoms with Crippen LogP contribution in [0.3, 0.4) is 0 Å². The number of furan rings is 1. The number of nitrogens with one attached hydrogen (secondary N) is 2. The van der Waals surface area contributed by atoms with Crippen LogP contribution in [0.4, 0.5) is 0 Å². The second-order valence-corrected chi connectivity index (χ2v) is 6.08. The van der Waals surface area contributed by atoms with E-state index >= 15 is 0 Å². The molecule has 0 aliphatic rings. The van der Waals surface area contributed by atoms with E-state index in [1.54, 1.807) is 18.4 Å². The van der Waals surface area contributed by atoms with Crippen molar-refractivity contribution in [2.45, 2.75) is 34.2 Å². The third-order valence-corrected chi connectivity index (χ3v) is 3.14. The van der Waals surface area contributed by atoms with Crippen molar-refractivity contribution in [1.29, 1.82) is 0 Å². The Hall–Kier alpha value is -2.30. The summed E-state index contributed by atoms with van der Waals surface area (Å²) in [6, 6.07) is 5.05. The van der Waals surface area contributed by atoms with Crippen molar-refractivity contribution in [3.63, 3.8) is 0 Å². The lowest BCUT2D eigenvalue weighted by atomic mass is 9.95. The zero-order valence-corrected chi connectivity index (χ0v) is 12.7. The summed E-state index contributed by atoms with van der Waals surface area (Å²) in [4.78, 5) is 27.3. The molecule has 5 heteroatoms. The minimum Gasteiger partial charge on any atom is -0.463 e. The number of aromatic nitrogens is 1. The number of hydrogen-bond donors (Lipinski definition) is 2. The molecule has 2 rings (SSSR count). The lowest BCUT2D eigenvalue weighted by molar-refractivity contribution is -0.128. The highest BCUT2D eigenvalue weighted by Crippen LogP contribution is 2.21. The normalized spacial score (nSPS) is 11.4. The lowest BCUT2D eigenvalue weighted by Gasteiger charge is -2.18. The van der Waals surface area contributed by atoms with E-state index in [0.29, 0.717) is 17.0 Å². The minimum absolute atomic E-state index is 0.104. The molecule has 0 unspecified atom stereocenters. The summed E-state index contributed by atoms with van der Waals surface area (Å²) in [7, 11) is 0. The molecule has 0 spiro atoms. The summed E-state index contributed by atoms with van der Waals surface area (Å²) >= 11 is 0. The molecule has 2 aromatic rings. The summed E-state index contributed by atoms with van der Waals surface area (Å²) < 4.78 is 5.36. The van der Waals surface area contributed by atoms with Gasteiger partial charge < -0.3 is 14.7 Å². The number of H-pyrrole nitrogens is 1. The Labute approximate surface area is 123 Å². The highest BCUT2D eigenvalue weighted by Gasteiger charge is 2.22. The summed E-state index contributed by atoms with van der Waals surface area (Å²) in [6.45, 7) is 7.46. The number of amides is 1. The van der Waals surface area contributed by atoms with Crippen molar-refractivity contribution in [2.24, 2.45) is 5.41 Å². The van der Waals surface area contributed by atoms with Gasteiger partial charge in [-0.25, -0.2) is 0 Å². The van der Waals surface area contributed by atoms with Crippen molar-refractivity contribution in [3.8, 4) is 11.5 Å². The molecule has 0 saturated heterocycles. The van der Waals surface area contributed by atoms with Gasteiger partial charge in [-0.1, -0.05) is 20.8 Å². The summed E-state index contributed by atoms with van der Waals surface area (Å²) in [5.74, 6) is 0.476. The lowest BCUT2D eigenvalue weighted by Crippen LogP contribution is -2.35. The van der Waals surface area contributed by atoms with Gasteiger partial charge in [-0.3, -0.25) is 9.59 Å². The van der Waals surface area contributed by atoms with Crippen LogP contribution in [-0.2, 0) is 11.3 Å². The maximum atomic E-state index is 12.2. The molecule has 21 heavy (non-hydrogen) atoms. The van der Waals surface area contributed by atoms with Crippen LogP contribution in [0.1, 0.15) is 32.0 Å². The third-order valence-electron chi connectivity index (χ3n) is 3.14. The fourth-order valence-corrected chi connectivity index (χ4v) is 1.96. The fraction of sp³-hybridized carbons (Fsp3) is 0.375. The number of rotatable bonds is 3. The van der Waals surface area contributed by atoms with Gasteiger partial charge in [0.25, 0.3) is 0 Å². The summed E-state index contributed by atoms with van der Waals surface area (Å²) in [5, 5.41) is 2.80. The highest BCUT2D eigenvalue weighted by molar-refractivity contribution is 5.81. The third kappa shape index (κ3) is 3.42. The molecule has 0 aliphatic heterocycles. The van der Waals surface area contributed by atoms with Gasteiger partial charge in [-0.15, -0.1) is 0 Å². The average Bonchev–Trinajstić information content (AvgIpc) is 2.89. The Bertz CT molecular complexity index is 691. The van der Waals surface area contributed by atoms with Gasteiger partial charge in [0.1, 0.15) is 0 Å². The molecule has 0 bridgehead atoms. The standard InChI is InChI=1S/C16H20N2O3/c1-10-8-12(19)11(9-17-15(20)16(2,3)4)14(18-10)13-6-5-7-21-13/h5-8H,9H2,1-4H3,(H,17,20)(H,18,19). The highest BCUT2D eigenvalue weighted by atomic mass is 16.3. The van der Waals surface area contributed by atoms with E-state index in [4.69, 9.17) is 4.42 Å². The molecule has 2 heterocycles. The van der Waals surface area contributed by atoms with E-state index in [0.717, 1.165) is 5.69 Å². The Morgan fingerprint density at radius 2 is 2.10 bits per heavy atom. The zero-order valence-electron chi connectivity index (χ0n) is 12.7. The molecule has 2 N–H and O–H groups in total. The second kappa shape index (κ2) is 5.60. The predicted molar refractivity (Wildman–Crippen MR) is 80.8 cm³/mol. The van der Waals surface area contributed by atoms with Gasteiger partial charge in [0, 0.05) is 29.3 Å². The van der Waals surface area contributed by atoms with Gasteiger partial charge in [0.2, 0.25) is 5.91 Å². The molecule has 0 aromatic carbocycles. The van der Waals surface area contributed by atoms with Crippen LogP contribution in [0.25, 0.3) is 11.5 Å². The molecule has 5 nitrogen and oxygen atoms in total. The minimum atomic E-state index is -0.498. The van der Waals surface area contributed by atoms with E-state index in [1.165, 1.54) is 6.07 Å². The molecule has 2 aromatic heterocycles. The fourth-order valence-electron chi connectivity index (χ4n) is 1.96. The number of carbonyl (C=O) groups is 1. The van der Waals surface area contributed by atoms with Crippen LogP contribution < -0.4 is 10.7 Å². The Balaban J connectivity index is 2.35. The smallest absolute Gasteiger partial charge is 0.225 e. The van der Waals surface area contributed by atoms with Crippen LogP contribution in [0.5, 0.6) is 0 Å². The van der Waals surface area contributed by atoms with Crippen LogP contribution in [0.2, 0.25) is 0 Å². The first-order chi connectivity index (χ1) is 9.79. The Kier molecular flexibility index (Phi) is 4.02. The first-order valence-electron chi connectivity index (χ1n) is 6.84. The summed E-state index contributed by atoms with van der Waals surface area (Å²) in [5.41, 5.74) is 1.24. The van der Waals surface area contributed by atoms with Crippen molar-refractivity contribution >= 4 is 5.91 Å². The van der Waals surface area contributed by atoms with E-state index in [2.05, 4.69) is 10.3 Å². The molecule has 0 aliphatic carbocycles. The number of hydrogen-bond acceptors (Lipinski definition) is 3. The van der Waals surface area contributed by atoms with Crippen LogP contribution >= 0.6 is 0 Å². The van der Waals surface area contributed by atoms with E-state index < -0.39 is 5.41 Å². The van der Waals surface area contributed by atoms with Gasteiger partial charge in [-0.2, -0.15) is 0 Å². The van der Waals surface area contributed by atoms with Gasteiger partial charge >= 0.3 is 0 Å². The van der Waals surface area contributed by atoms with Crippen LogP contribution in [-0.4, -0.2) is 10.9 Å². The quantitative estimate of drug-likeness (QED) is 0.911. The number of aryl methyl sites for hydroxylation is 1. The number of aromatic amines is 1. The van der Waals surface area contributed by atoms with Gasteiger partial charge in [0.15, 0.2) is 11.2 Å². The molecule has 1 amide bonds. The van der Waals surface area contributed by atoms with Gasteiger partial charge in [-0.05, 0) is 19.1 Å². The first kappa shape index (κ1) is 15.1. The molecule has 0 radical (unpaired) electrons. The number of pyridine rings is 1. The van der Waals surface area contributed by atoms with E-state index in [1.807, 2.05) is 27.7 Å². The molecule has 0 atom stereocenters. The topological polar surface area (TPSA) is 75.1 Å². The van der Waals surface area contributed by atoms with Gasteiger partial charge in [0.05, 0.1) is 12.0 Å². The molecule has 0 saturated carbocycles. The van der Waals surface area contributed by atoms with E-state index in [9.17, 15) is 9.59 Å². The zero-order chi connectivity index (χ0) is 15.6. The average molecular weight is 288 g/mol. The van der Waals surface area contributed by atoms with Crippen molar-refractivity contribution in [3.05, 3.63) is 45.9 Å². The SMILES string of the molecule is Cc1cc(=O)c(CNC(=O)C(C)(C)C)c(-c2ccco2)[nH]1. The van der Waals surface area contributed by atoms with Crippen LogP contribution in [0.15, 0.2) is 33.7 Å². The largest absolute Gasteiger partial charge is 0.463 e. The maximum Gasteiger partial charge on any atom is 0.225 e. The van der Waals surface area contributed by atoms with Crippen LogP contribution in [0, 0.1) is 12.3 Å². The Morgan fingerprint density at radius 1 is 1.38 bits per heavy atom. The van der Waals surface area contributed by atoms with Crippen molar-refractivity contribution < 1.29 is 9.21 Å². The molecule has 112 valence electrons. The second-order valence-electron chi connectivity index (χ2n) is 6.08. The molecule has 0 fully saturated rings. The van der Waals surface area contributed by atoms with E-state index in [-0.39, 0.29) is 17.9 Å². The maximum absolute atomic E-state index is 12.2. The monoisotopic (exact) mass is 288 g/mol. The molecular formula is C16H20N2O3. The number of carbonyl (C=O) groups excluding carboxylic acids is 1. The van der Waals surface area contributed by atoms with Crippen molar-refractivity contribution in [2.75, 3.05) is 0 Å². The first-order valence-corrected chi connectivity index (χ1v) is 6.84.